The van der Waals surface area contributed by atoms with E-state index in [1.807, 2.05) is 0 Å². The maximum Gasteiger partial charge on any atom is 0.405 e. The molecule has 2 aromatic rings. The molecule has 2 N–H and O–H groups in total. The first kappa shape index (κ1) is 27.3. The van der Waals surface area contributed by atoms with Gasteiger partial charge in [-0.3, -0.25) is 14.2 Å². The summed E-state index contributed by atoms with van der Waals surface area (Å²) in [5, 5.41) is -0.0568. The molecule has 0 atom stereocenters. The van der Waals surface area contributed by atoms with Crippen LogP contribution < -0.4 is 10.5 Å². The number of aldehydes is 1. The largest absolute Gasteiger partial charge is 0.492 e. The van der Waals surface area contributed by atoms with Gasteiger partial charge in [0.15, 0.2) is 6.29 Å². The smallest absolute Gasteiger partial charge is 0.405 e. The minimum absolute atomic E-state index is 0.0485. The van der Waals surface area contributed by atoms with Gasteiger partial charge >= 0.3 is 13.3 Å². The van der Waals surface area contributed by atoms with Crippen LogP contribution in [0.2, 0.25) is 0 Å². The van der Waals surface area contributed by atoms with E-state index in [1.165, 1.54) is 19.9 Å². The summed E-state index contributed by atoms with van der Waals surface area (Å²) >= 11 is 0.436. The van der Waals surface area contributed by atoms with Gasteiger partial charge in [0.05, 0.1) is 35.2 Å². The number of primary amides is 1. The fourth-order valence-electron chi connectivity index (χ4n) is 2.94. The molecule has 1 aromatic heterocycles. The molecular weight excluding hydrogens is 503 g/mol. The van der Waals surface area contributed by atoms with E-state index in [4.69, 9.17) is 19.5 Å². The average Bonchev–Trinajstić information content (AvgIpc) is 3.10. The third-order valence-electron chi connectivity index (χ3n) is 4.33. The van der Waals surface area contributed by atoms with Crippen molar-refractivity contribution in [1.82, 2.24) is 0 Å². The van der Waals surface area contributed by atoms with E-state index in [9.17, 15) is 22.6 Å². The summed E-state index contributed by atoms with van der Waals surface area (Å²) in [7, 11) is -8.26. The summed E-state index contributed by atoms with van der Waals surface area (Å²) < 4.78 is 81.6. The number of hydrogen-bond acceptors (Lipinski definition) is 9. The third kappa shape index (κ3) is 5.96. The van der Waals surface area contributed by atoms with E-state index in [2.05, 4.69) is 0 Å². The maximum atomic E-state index is 15.4. The fourth-order valence-corrected chi connectivity index (χ4v) is 6.60. The average molecular weight is 528 g/mol. The molecule has 0 saturated carbocycles. The summed E-state index contributed by atoms with van der Waals surface area (Å²) in [5.74, 6) is -1.12. The first-order valence-corrected chi connectivity index (χ1v) is 14.2. The molecule has 184 valence electrons. The number of hydrogen-bond donors (Lipinski definition) is 1. The Hall–Kier alpha value is -1.92. The summed E-state index contributed by atoms with van der Waals surface area (Å²) in [6.07, 6.45) is 1.31. The monoisotopic (exact) mass is 527 g/mol. The zero-order valence-corrected chi connectivity index (χ0v) is 20.7. The van der Waals surface area contributed by atoms with Gasteiger partial charge in [-0.15, -0.1) is 11.3 Å². The molecule has 0 spiro atoms. The molecular formula is C19H24F2NO8PS2. The van der Waals surface area contributed by atoms with Crippen LogP contribution in [0, 0.1) is 0 Å². The number of nitrogens with two attached hydrogens (primary N) is 1. The molecule has 0 saturated heterocycles. The van der Waals surface area contributed by atoms with E-state index in [0.29, 0.717) is 11.3 Å². The molecule has 2 rings (SSSR count). The molecule has 1 aromatic carbocycles. The number of fused-ring (bicyclic) bond motifs is 1. The van der Waals surface area contributed by atoms with Crippen LogP contribution in [-0.2, 0) is 29.1 Å². The van der Waals surface area contributed by atoms with Gasteiger partial charge in [0.1, 0.15) is 15.6 Å². The maximum absolute atomic E-state index is 15.4. The van der Waals surface area contributed by atoms with Crippen LogP contribution in [0.15, 0.2) is 12.1 Å². The van der Waals surface area contributed by atoms with Crippen LogP contribution in [-0.4, -0.2) is 52.4 Å². The van der Waals surface area contributed by atoms with Gasteiger partial charge in [0.2, 0.25) is 5.91 Å². The van der Waals surface area contributed by atoms with Gasteiger partial charge in [-0.1, -0.05) is 0 Å². The number of benzene rings is 1. The van der Waals surface area contributed by atoms with Crippen LogP contribution in [0.3, 0.4) is 0 Å². The Balaban J connectivity index is 2.67. The summed E-state index contributed by atoms with van der Waals surface area (Å²) in [5.41, 5.74) is 0.519. The molecule has 0 bridgehead atoms. The van der Waals surface area contributed by atoms with Crippen LogP contribution in [0.5, 0.6) is 5.75 Å². The lowest BCUT2D eigenvalue weighted by Crippen LogP contribution is -2.18. The first-order valence-electron chi connectivity index (χ1n) is 9.74. The lowest BCUT2D eigenvalue weighted by Gasteiger charge is -2.25. The van der Waals surface area contributed by atoms with Crippen LogP contribution >= 0.6 is 18.9 Å². The molecule has 33 heavy (non-hydrogen) atoms. The highest BCUT2D eigenvalue weighted by atomic mass is 32.2. The van der Waals surface area contributed by atoms with Crippen molar-refractivity contribution in [2.24, 2.45) is 5.73 Å². The number of alkyl halides is 2. The van der Waals surface area contributed by atoms with Gasteiger partial charge in [0.25, 0.3) is 0 Å². The van der Waals surface area contributed by atoms with Crippen molar-refractivity contribution in [2.75, 3.05) is 31.8 Å². The Morgan fingerprint density at radius 3 is 2.33 bits per heavy atom. The molecule has 0 unspecified atom stereocenters. The van der Waals surface area contributed by atoms with Crippen LogP contribution in [0.25, 0.3) is 10.1 Å². The molecule has 1 amide bonds. The molecule has 0 aliphatic carbocycles. The Kier molecular flexibility index (Phi) is 8.74. The highest BCUT2D eigenvalue weighted by molar-refractivity contribution is 7.90. The Morgan fingerprint density at radius 2 is 1.85 bits per heavy atom. The van der Waals surface area contributed by atoms with Crippen molar-refractivity contribution in [3.8, 4) is 5.75 Å². The minimum Gasteiger partial charge on any atom is -0.492 e. The number of carbonyl (C=O) groups excluding carboxylic acids is 2. The fraction of sp³-hybridized carbons (Fsp3) is 0.474. The van der Waals surface area contributed by atoms with Crippen molar-refractivity contribution in [2.45, 2.75) is 25.9 Å². The zero-order chi connectivity index (χ0) is 25.0. The van der Waals surface area contributed by atoms with E-state index in [0.717, 1.165) is 12.3 Å². The number of carbonyl (C=O) groups is 2. The topological polar surface area (TPSA) is 139 Å². The Labute approximate surface area is 193 Å². The Morgan fingerprint density at radius 1 is 1.24 bits per heavy atom. The van der Waals surface area contributed by atoms with E-state index in [-0.39, 0.29) is 59.7 Å². The SMILES string of the molecule is CCOP(=O)(OCC)C(F)(F)c1sc2c(OCCCS(C)(=O)=O)cc(C(N)=O)cc2c1C=O. The third-order valence-corrected chi connectivity index (χ3v) is 8.92. The van der Waals surface area contributed by atoms with E-state index >= 15 is 8.78 Å². The number of thiophene rings is 1. The number of rotatable bonds is 13. The number of sulfone groups is 1. The van der Waals surface area contributed by atoms with Gasteiger partial charge in [-0.25, -0.2) is 8.42 Å². The predicted molar refractivity (Wildman–Crippen MR) is 120 cm³/mol. The van der Waals surface area contributed by atoms with E-state index in [1.54, 1.807) is 0 Å². The Bertz CT molecular complexity index is 1190. The van der Waals surface area contributed by atoms with Crippen molar-refractivity contribution < 1.29 is 45.1 Å². The molecule has 0 aliphatic rings. The van der Waals surface area contributed by atoms with Gasteiger partial charge < -0.3 is 19.5 Å². The number of ether oxygens (including phenoxy) is 1. The minimum atomic E-state index is -5.01. The van der Waals surface area contributed by atoms with Crippen molar-refractivity contribution >= 4 is 51.0 Å². The van der Waals surface area contributed by atoms with Crippen molar-refractivity contribution in [3.63, 3.8) is 0 Å². The summed E-state index contributed by atoms with van der Waals surface area (Å²) in [6, 6.07) is 2.37. The van der Waals surface area contributed by atoms with Crippen LogP contribution in [0.4, 0.5) is 8.78 Å². The molecule has 1 heterocycles. The van der Waals surface area contributed by atoms with E-state index < -0.39 is 39.4 Å². The molecule has 0 aliphatic heterocycles. The normalized spacial score (nSPS) is 12.8. The van der Waals surface area contributed by atoms with Gasteiger partial charge in [-0.2, -0.15) is 8.78 Å². The second-order valence-electron chi connectivity index (χ2n) is 6.88. The van der Waals surface area contributed by atoms with Crippen molar-refractivity contribution in [3.05, 3.63) is 28.1 Å². The highest BCUT2D eigenvalue weighted by Gasteiger charge is 2.57. The first-order chi connectivity index (χ1) is 15.3. The molecule has 0 fully saturated rings. The molecule has 0 radical (unpaired) electrons. The number of amides is 1. The lowest BCUT2D eigenvalue weighted by molar-refractivity contribution is 0.0387. The number of halogens is 2. The van der Waals surface area contributed by atoms with Crippen molar-refractivity contribution in [1.29, 1.82) is 0 Å². The lowest BCUT2D eigenvalue weighted by atomic mass is 10.1. The van der Waals surface area contributed by atoms with Crippen LogP contribution in [0.1, 0.15) is 45.9 Å². The molecule has 9 nitrogen and oxygen atoms in total. The summed E-state index contributed by atoms with van der Waals surface area (Å²) in [4.78, 5) is 22.7. The standard InChI is InChI=1S/C19H24F2NO8PS2/c1-4-29-31(25,30-5-2)19(20,21)17-14(11-23)13-9-12(18(22)24)10-15(16(13)32-17)28-7-6-8-33(3,26)27/h9-11H,4-8H2,1-3H3,(H2,22,24). The highest BCUT2D eigenvalue weighted by Crippen LogP contribution is 2.68. The zero-order valence-electron chi connectivity index (χ0n) is 18.1. The second-order valence-corrected chi connectivity index (χ2v) is 12.2. The second kappa shape index (κ2) is 10.6. The van der Waals surface area contributed by atoms with Gasteiger partial charge in [-0.05, 0) is 32.4 Å². The quantitative estimate of drug-likeness (QED) is 0.235. The summed E-state index contributed by atoms with van der Waals surface area (Å²) in [6.45, 7) is 1.98. The predicted octanol–water partition coefficient (Wildman–Crippen LogP) is 3.94. The van der Waals surface area contributed by atoms with Gasteiger partial charge in [0, 0.05) is 22.8 Å². The molecule has 14 heteroatoms.